The van der Waals surface area contributed by atoms with Gasteiger partial charge in [0.05, 0.1) is 28.4 Å². The van der Waals surface area contributed by atoms with Crippen LogP contribution in [0, 0.1) is 18.3 Å². The molecule has 0 saturated heterocycles. The van der Waals surface area contributed by atoms with Crippen LogP contribution in [0.15, 0.2) is 40.9 Å². The maximum atomic E-state index is 9.04. The molecule has 0 aliphatic carbocycles. The summed E-state index contributed by atoms with van der Waals surface area (Å²) in [5.41, 5.74) is 10.3. The monoisotopic (exact) mass is 326 g/mol. The molecule has 1 aromatic heterocycles. The van der Waals surface area contributed by atoms with E-state index in [1.165, 1.54) is 0 Å². The summed E-state index contributed by atoms with van der Waals surface area (Å²) < 4.78 is 2.78. The highest BCUT2D eigenvalue weighted by atomic mass is 79.9. The van der Waals surface area contributed by atoms with Crippen molar-refractivity contribution in [3.8, 4) is 11.8 Å². The van der Waals surface area contributed by atoms with Crippen LogP contribution in [0.1, 0.15) is 11.1 Å². The van der Waals surface area contributed by atoms with Crippen molar-refractivity contribution in [3.63, 3.8) is 0 Å². The van der Waals surface area contributed by atoms with E-state index in [9.17, 15) is 0 Å². The molecule has 0 aliphatic rings. The molecule has 0 bridgehead atoms. The summed E-state index contributed by atoms with van der Waals surface area (Å²) in [5, 5.41) is 9.04. The number of hydrogen-bond acceptors (Lipinski definition) is 3. The first kappa shape index (κ1) is 12.7. The van der Waals surface area contributed by atoms with Crippen LogP contribution in [0.25, 0.3) is 16.7 Å². The predicted molar refractivity (Wildman–Crippen MR) is 82.6 cm³/mol. The van der Waals surface area contributed by atoms with Gasteiger partial charge in [-0.15, -0.1) is 0 Å². The Morgan fingerprint density at radius 1 is 1.25 bits per heavy atom. The van der Waals surface area contributed by atoms with Gasteiger partial charge in [-0.3, -0.25) is 4.57 Å². The van der Waals surface area contributed by atoms with Gasteiger partial charge < -0.3 is 5.73 Å². The molecule has 20 heavy (non-hydrogen) atoms. The molecule has 98 valence electrons. The second-order valence-corrected chi connectivity index (χ2v) is 5.43. The number of benzene rings is 2. The minimum Gasteiger partial charge on any atom is -0.369 e. The molecule has 5 heteroatoms. The lowest BCUT2D eigenvalue weighted by Gasteiger charge is -2.10. The van der Waals surface area contributed by atoms with Gasteiger partial charge in [-0.25, -0.2) is 4.98 Å². The van der Waals surface area contributed by atoms with Gasteiger partial charge in [0, 0.05) is 4.47 Å². The summed E-state index contributed by atoms with van der Waals surface area (Å²) >= 11 is 3.54. The van der Waals surface area contributed by atoms with Gasteiger partial charge in [-0.2, -0.15) is 5.26 Å². The largest absolute Gasteiger partial charge is 0.369 e. The average Bonchev–Trinajstić information content (AvgIpc) is 2.76. The Morgan fingerprint density at radius 3 is 2.80 bits per heavy atom. The smallest absolute Gasteiger partial charge is 0.205 e. The van der Waals surface area contributed by atoms with Crippen LogP contribution in [-0.2, 0) is 0 Å². The van der Waals surface area contributed by atoms with E-state index in [-0.39, 0.29) is 0 Å². The molecule has 0 unspecified atom stereocenters. The zero-order chi connectivity index (χ0) is 14.3. The van der Waals surface area contributed by atoms with Gasteiger partial charge in [-0.05, 0) is 58.7 Å². The topological polar surface area (TPSA) is 67.6 Å². The Kier molecular flexibility index (Phi) is 2.96. The van der Waals surface area contributed by atoms with Crippen LogP contribution < -0.4 is 5.73 Å². The van der Waals surface area contributed by atoms with Gasteiger partial charge >= 0.3 is 0 Å². The summed E-state index contributed by atoms with van der Waals surface area (Å²) in [5.74, 6) is 0.404. The zero-order valence-electron chi connectivity index (χ0n) is 10.8. The summed E-state index contributed by atoms with van der Waals surface area (Å²) in [6, 6.07) is 13.5. The van der Waals surface area contributed by atoms with E-state index < -0.39 is 0 Å². The fourth-order valence-corrected chi connectivity index (χ4v) is 2.63. The van der Waals surface area contributed by atoms with Crippen molar-refractivity contribution in [2.24, 2.45) is 0 Å². The number of imidazole rings is 1. The first-order valence-corrected chi connectivity index (χ1v) is 6.84. The van der Waals surface area contributed by atoms with Crippen molar-refractivity contribution in [2.75, 3.05) is 5.73 Å². The maximum Gasteiger partial charge on any atom is 0.205 e. The Morgan fingerprint density at radius 2 is 2.05 bits per heavy atom. The molecule has 0 saturated carbocycles. The molecule has 0 spiro atoms. The molecular formula is C15H11BrN4. The predicted octanol–water partition coefficient (Wildman–Crippen LogP) is 3.55. The molecule has 0 fully saturated rings. The summed E-state index contributed by atoms with van der Waals surface area (Å²) in [6.45, 7) is 2.02. The van der Waals surface area contributed by atoms with E-state index in [1.54, 1.807) is 12.1 Å². The van der Waals surface area contributed by atoms with E-state index in [4.69, 9.17) is 11.0 Å². The van der Waals surface area contributed by atoms with Gasteiger partial charge in [0.1, 0.15) is 0 Å². The molecule has 2 N–H and O–H groups in total. The molecule has 0 amide bonds. The molecule has 3 aromatic rings. The van der Waals surface area contributed by atoms with Crippen LogP contribution in [0.3, 0.4) is 0 Å². The first-order valence-electron chi connectivity index (χ1n) is 6.05. The van der Waals surface area contributed by atoms with Crippen molar-refractivity contribution in [1.82, 2.24) is 9.55 Å². The molecule has 3 rings (SSSR count). The summed E-state index contributed by atoms with van der Waals surface area (Å²) in [4.78, 5) is 4.35. The van der Waals surface area contributed by atoms with Crippen LogP contribution in [-0.4, -0.2) is 9.55 Å². The third-order valence-electron chi connectivity index (χ3n) is 3.15. The van der Waals surface area contributed by atoms with Crippen molar-refractivity contribution >= 4 is 32.9 Å². The maximum absolute atomic E-state index is 9.04. The number of aryl methyl sites for hydroxylation is 1. The normalized spacial score (nSPS) is 10.7. The van der Waals surface area contributed by atoms with Crippen molar-refractivity contribution < 1.29 is 0 Å². The van der Waals surface area contributed by atoms with Gasteiger partial charge in [0.2, 0.25) is 5.95 Å². The van der Waals surface area contributed by atoms with Crippen LogP contribution in [0.5, 0.6) is 0 Å². The summed E-state index contributed by atoms with van der Waals surface area (Å²) in [7, 11) is 0. The Balaban J connectivity index is 2.38. The van der Waals surface area contributed by atoms with Gasteiger partial charge in [0.25, 0.3) is 0 Å². The standard InChI is InChI=1S/C15H11BrN4/c1-9-2-4-11(16)13(6-9)20-14-7-10(8-17)3-5-12(14)19-15(20)18/h2-7H,1H3,(H2,18,19). The number of nitrogen functional groups attached to an aromatic ring is 1. The van der Waals surface area contributed by atoms with Crippen molar-refractivity contribution in [1.29, 1.82) is 5.26 Å². The Bertz CT molecular complexity index is 858. The molecule has 0 atom stereocenters. The van der Waals surface area contributed by atoms with Crippen LogP contribution in [0.2, 0.25) is 0 Å². The Labute approximate surface area is 124 Å². The first-order chi connectivity index (χ1) is 9.60. The van der Waals surface area contributed by atoms with Crippen LogP contribution >= 0.6 is 15.9 Å². The van der Waals surface area contributed by atoms with Gasteiger partial charge in [-0.1, -0.05) is 6.07 Å². The number of aromatic nitrogens is 2. The van der Waals surface area contributed by atoms with E-state index in [0.717, 1.165) is 26.8 Å². The van der Waals surface area contributed by atoms with Crippen LogP contribution in [0.4, 0.5) is 5.95 Å². The Hall–Kier alpha value is -2.32. The molecular weight excluding hydrogens is 316 g/mol. The minimum absolute atomic E-state index is 0.404. The number of halogens is 1. The fraction of sp³-hybridized carbons (Fsp3) is 0.0667. The number of nitrogens with two attached hydrogens (primary N) is 1. The van der Waals surface area contributed by atoms with E-state index in [0.29, 0.717) is 11.5 Å². The SMILES string of the molecule is Cc1ccc(Br)c(-n2c(N)nc3ccc(C#N)cc32)c1. The van der Waals surface area contributed by atoms with Crippen molar-refractivity contribution in [3.05, 3.63) is 52.0 Å². The molecule has 1 heterocycles. The number of nitriles is 1. The minimum atomic E-state index is 0.404. The summed E-state index contributed by atoms with van der Waals surface area (Å²) in [6.07, 6.45) is 0. The number of nitrogens with zero attached hydrogens (tertiary/aromatic N) is 3. The lowest BCUT2D eigenvalue weighted by Crippen LogP contribution is -2.01. The number of anilines is 1. The van der Waals surface area contributed by atoms with Gasteiger partial charge in [0.15, 0.2) is 0 Å². The second-order valence-electron chi connectivity index (χ2n) is 4.58. The lowest BCUT2D eigenvalue weighted by atomic mass is 10.2. The molecule has 0 radical (unpaired) electrons. The van der Waals surface area contributed by atoms with E-state index in [2.05, 4.69) is 27.0 Å². The molecule has 0 aliphatic heterocycles. The van der Waals surface area contributed by atoms with E-state index in [1.807, 2.05) is 35.8 Å². The highest BCUT2D eigenvalue weighted by molar-refractivity contribution is 9.10. The third-order valence-corrected chi connectivity index (χ3v) is 3.82. The zero-order valence-corrected chi connectivity index (χ0v) is 12.3. The second kappa shape index (κ2) is 4.66. The highest BCUT2D eigenvalue weighted by Gasteiger charge is 2.13. The third kappa shape index (κ3) is 1.95. The average molecular weight is 327 g/mol. The lowest BCUT2D eigenvalue weighted by molar-refractivity contribution is 1.10. The van der Waals surface area contributed by atoms with E-state index >= 15 is 0 Å². The van der Waals surface area contributed by atoms with Crippen molar-refractivity contribution in [2.45, 2.75) is 6.92 Å². The fourth-order valence-electron chi connectivity index (χ4n) is 2.21. The quantitative estimate of drug-likeness (QED) is 0.743. The molecule has 4 nitrogen and oxygen atoms in total. The number of fused-ring (bicyclic) bond motifs is 1. The highest BCUT2D eigenvalue weighted by Crippen LogP contribution is 2.29. The molecule has 2 aromatic carbocycles. The number of rotatable bonds is 1. The number of hydrogen-bond donors (Lipinski definition) is 1.